The second-order valence-corrected chi connectivity index (χ2v) is 8.03. The van der Waals surface area contributed by atoms with E-state index in [-0.39, 0.29) is 30.0 Å². The maximum atomic E-state index is 13.2. The molecule has 3 amide bonds. The summed E-state index contributed by atoms with van der Waals surface area (Å²) in [6.45, 7) is 2.24. The zero-order valence-corrected chi connectivity index (χ0v) is 16.2. The number of imidazole rings is 1. The highest BCUT2D eigenvalue weighted by atomic mass is 16.2. The summed E-state index contributed by atoms with van der Waals surface area (Å²) in [6.07, 6.45) is 2.00. The van der Waals surface area contributed by atoms with Crippen LogP contribution in [0.25, 0.3) is 11.0 Å². The van der Waals surface area contributed by atoms with Crippen LogP contribution in [0.4, 0.5) is 0 Å². The molecule has 4 heterocycles. The first-order chi connectivity index (χ1) is 14.0. The van der Waals surface area contributed by atoms with Gasteiger partial charge in [-0.2, -0.15) is 0 Å². The molecule has 2 aromatic rings. The van der Waals surface area contributed by atoms with E-state index in [1.165, 1.54) is 9.13 Å². The number of nitrogens with one attached hydrogen (secondary N) is 2. The number of hydrogen-bond acceptors (Lipinski definition) is 5. The SMILES string of the molecule is Cn1c(=O)n(C2CCC(=O)NC2=O)c2ccc3c(c21)CC[C@@H]1CNCCN1C3=O. The Bertz CT molecular complexity index is 1110. The summed E-state index contributed by atoms with van der Waals surface area (Å²) >= 11 is 0. The van der Waals surface area contributed by atoms with Crippen LogP contribution < -0.4 is 16.3 Å². The first-order valence-electron chi connectivity index (χ1n) is 10.1. The second-order valence-electron chi connectivity index (χ2n) is 8.03. The Balaban J connectivity index is 1.68. The van der Waals surface area contributed by atoms with Gasteiger partial charge in [0.1, 0.15) is 6.04 Å². The molecule has 152 valence electrons. The van der Waals surface area contributed by atoms with E-state index in [4.69, 9.17) is 0 Å². The molecule has 2 atom stereocenters. The molecule has 2 saturated heterocycles. The van der Waals surface area contributed by atoms with Gasteiger partial charge in [0, 0.05) is 44.7 Å². The number of hydrogen-bond donors (Lipinski definition) is 2. The quantitative estimate of drug-likeness (QED) is 0.642. The first-order valence-corrected chi connectivity index (χ1v) is 10.1. The molecule has 1 unspecified atom stereocenters. The lowest BCUT2D eigenvalue weighted by molar-refractivity contribution is -0.135. The van der Waals surface area contributed by atoms with Crippen molar-refractivity contribution in [2.24, 2.45) is 7.05 Å². The fourth-order valence-electron chi connectivity index (χ4n) is 4.99. The number of piperidine rings is 1. The van der Waals surface area contributed by atoms with Gasteiger partial charge in [-0.25, -0.2) is 4.79 Å². The minimum absolute atomic E-state index is 0.00658. The molecular formula is C20H23N5O4. The van der Waals surface area contributed by atoms with Gasteiger partial charge in [-0.3, -0.25) is 28.8 Å². The zero-order chi connectivity index (χ0) is 20.3. The average Bonchev–Trinajstić information content (AvgIpc) is 2.87. The normalized spacial score (nSPS) is 24.9. The molecule has 0 aliphatic carbocycles. The molecular weight excluding hydrogens is 374 g/mol. The molecule has 9 nitrogen and oxygen atoms in total. The molecule has 2 N–H and O–H groups in total. The second kappa shape index (κ2) is 6.55. The number of nitrogens with zero attached hydrogens (tertiary/aromatic N) is 3. The minimum atomic E-state index is -0.723. The van der Waals surface area contributed by atoms with E-state index in [2.05, 4.69) is 10.6 Å². The number of rotatable bonds is 1. The maximum Gasteiger partial charge on any atom is 0.329 e. The van der Waals surface area contributed by atoms with Crippen molar-refractivity contribution in [2.75, 3.05) is 19.6 Å². The van der Waals surface area contributed by atoms with Gasteiger partial charge in [0.25, 0.3) is 5.91 Å². The highest BCUT2D eigenvalue weighted by molar-refractivity contribution is 6.02. The van der Waals surface area contributed by atoms with Crippen LogP contribution in [-0.4, -0.2) is 57.4 Å². The summed E-state index contributed by atoms with van der Waals surface area (Å²) in [5.74, 6) is -0.763. The fraction of sp³-hybridized carbons (Fsp3) is 0.500. The third-order valence-corrected chi connectivity index (χ3v) is 6.44. The number of amides is 3. The van der Waals surface area contributed by atoms with Crippen LogP contribution in [-0.2, 0) is 23.1 Å². The molecule has 3 aliphatic rings. The van der Waals surface area contributed by atoms with Crippen molar-refractivity contribution in [2.45, 2.75) is 37.8 Å². The van der Waals surface area contributed by atoms with E-state index in [0.29, 0.717) is 36.0 Å². The third kappa shape index (κ3) is 2.64. The molecule has 29 heavy (non-hydrogen) atoms. The minimum Gasteiger partial charge on any atom is -0.333 e. The lowest BCUT2D eigenvalue weighted by atomic mass is 10.00. The van der Waals surface area contributed by atoms with E-state index in [1.807, 2.05) is 4.90 Å². The van der Waals surface area contributed by atoms with Crippen LogP contribution >= 0.6 is 0 Å². The van der Waals surface area contributed by atoms with Gasteiger partial charge in [0.2, 0.25) is 11.8 Å². The zero-order valence-electron chi connectivity index (χ0n) is 16.2. The van der Waals surface area contributed by atoms with Gasteiger partial charge in [0.15, 0.2) is 0 Å². The highest BCUT2D eigenvalue weighted by Crippen LogP contribution is 2.31. The van der Waals surface area contributed by atoms with Crippen LogP contribution in [0, 0.1) is 0 Å². The van der Waals surface area contributed by atoms with Crippen LogP contribution in [0.15, 0.2) is 16.9 Å². The van der Waals surface area contributed by atoms with Crippen LogP contribution in [0.5, 0.6) is 0 Å². The van der Waals surface area contributed by atoms with Gasteiger partial charge < -0.3 is 10.2 Å². The Morgan fingerprint density at radius 3 is 2.69 bits per heavy atom. The van der Waals surface area contributed by atoms with E-state index >= 15 is 0 Å². The largest absolute Gasteiger partial charge is 0.333 e. The molecule has 3 aliphatic heterocycles. The number of fused-ring (bicyclic) bond motifs is 4. The molecule has 5 rings (SSSR count). The van der Waals surface area contributed by atoms with Crippen molar-refractivity contribution in [1.82, 2.24) is 24.7 Å². The van der Waals surface area contributed by atoms with Crippen LogP contribution in [0.1, 0.15) is 41.2 Å². The van der Waals surface area contributed by atoms with E-state index in [0.717, 1.165) is 25.1 Å². The molecule has 0 radical (unpaired) electrons. The molecule has 9 heteroatoms. The summed E-state index contributed by atoms with van der Waals surface area (Å²) in [5.41, 5.74) is 2.54. The molecule has 2 fully saturated rings. The van der Waals surface area contributed by atoms with Crippen molar-refractivity contribution in [1.29, 1.82) is 0 Å². The van der Waals surface area contributed by atoms with Crippen molar-refractivity contribution in [3.8, 4) is 0 Å². The Hall–Kier alpha value is -2.94. The van der Waals surface area contributed by atoms with Crippen molar-refractivity contribution in [3.05, 3.63) is 33.7 Å². The van der Waals surface area contributed by atoms with Gasteiger partial charge in [0.05, 0.1) is 11.0 Å². The summed E-state index contributed by atoms with van der Waals surface area (Å²) in [7, 11) is 1.68. The predicted octanol–water partition coefficient (Wildman–Crippen LogP) is -0.322. The number of piperazine rings is 1. The predicted molar refractivity (Wildman–Crippen MR) is 105 cm³/mol. The topological polar surface area (TPSA) is 105 Å². The van der Waals surface area contributed by atoms with Gasteiger partial charge in [-0.1, -0.05) is 0 Å². The summed E-state index contributed by atoms with van der Waals surface area (Å²) in [6, 6.07) is 2.97. The Morgan fingerprint density at radius 2 is 1.90 bits per heavy atom. The highest BCUT2D eigenvalue weighted by Gasteiger charge is 2.35. The average molecular weight is 397 g/mol. The van der Waals surface area contributed by atoms with E-state index < -0.39 is 11.9 Å². The summed E-state index contributed by atoms with van der Waals surface area (Å²) < 4.78 is 3.01. The monoisotopic (exact) mass is 397 g/mol. The Kier molecular flexibility index (Phi) is 4.09. The van der Waals surface area contributed by atoms with Gasteiger partial charge in [-0.15, -0.1) is 0 Å². The Morgan fingerprint density at radius 1 is 1.07 bits per heavy atom. The molecule has 1 aromatic carbocycles. The van der Waals surface area contributed by atoms with Crippen LogP contribution in [0.3, 0.4) is 0 Å². The lowest BCUT2D eigenvalue weighted by Gasteiger charge is -2.34. The number of aryl methyl sites for hydroxylation is 2. The number of benzene rings is 1. The van der Waals surface area contributed by atoms with Gasteiger partial charge >= 0.3 is 5.69 Å². The smallest absolute Gasteiger partial charge is 0.329 e. The number of carbonyl (C=O) groups excluding carboxylic acids is 3. The first kappa shape index (κ1) is 18.1. The van der Waals surface area contributed by atoms with E-state index in [1.54, 1.807) is 19.2 Å². The molecule has 0 saturated carbocycles. The fourth-order valence-corrected chi connectivity index (χ4v) is 4.99. The third-order valence-electron chi connectivity index (χ3n) is 6.44. The molecule has 0 spiro atoms. The number of carbonyl (C=O) groups is 3. The van der Waals surface area contributed by atoms with Gasteiger partial charge in [-0.05, 0) is 37.0 Å². The lowest BCUT2D eigenvalue weighted by Crippen LogP contribution is -2.52. The standard InChI is InChI=1S/C20H23N5O4/c1-23-17-12-3-2-11-10-21-8-9-24(11)19(28)13(12)4-5-14(17)25(20(23)29)15-6-7-16(26)22-18(15)27/h4-5,11,15,21H,2-3,6-10H2,1H3,(H,22,26,27)/t11-,15?/m1/s1. The van der Waals surface area contributed by atoms with E-state index in [9.17, 15) is 19.2 Å². The summed E-state index contributed by atoms with van der Waals surface area (Å²) in [5, 5.41) is 5.67. The maximum absolute atomic E-state index is 13.2. The van der Waals surface area contributed by atoms with Crippen molar-refractivity contribution < 1.29 is 14.4 Å². The number of aromatic nitrogens is 2. The Labute approximate surface area is 166 Å². The van der Waals surface area contributed by atoms with Crippen molar-refractivity contribution >= 4 is 28.8 Å². The summed E-state index contributed by atoms with van der Waals surface area (Å²) in [4.78, 5) is 52.1. The van der Waals surface area contributed by atoms with Crippen molar-refractivity contribution in [3.63, 3.8) is 0 Å². The van der Waals surface area contributed by atoms with Crippen LogP contribution in [0.2, 0.25) is 0 Å². The number of imide groups is 1. The molecule has 1 aromatic heterocycles. The molecule has 0 bridgehead atoms.